The maximum atomic E-state index is 13.1. The summed E-state index contributed by atoms with van der Waals surface area (Å²) >= 11 is 0. The first-order valence-electron chi connectivity index (χ1n) is 7.19. The van der Waals surface area contributed by atoms with Crippen molar-refractivity contribution in [2.75, 3.05) is 6.54 Å². The smallest absolute Gasteiger partial charge is 0.123 e. The molecule has 1 atom stereocenters. The Bertz CT molecular complexity index is 385. The normalized spacial score (nSPS) is 17.5. The number of hydrogen-bond acceptors (Lipinski definition) is 1. The largest absolute Gasteiger partial charge is 0.313 e. The van der Waals surface area contributed by atoms with Crippen molar-refractivity contribution < 1.29 is 4.39 Å². The molecule has 0 spiro atoms. The Balaban J connectivity index is 2.02. The minimum Gasteiger partial charge on any atom is -0.313 e. The molecule has 1 unspecified atom stereocenters. The lowest BCUT2D eigenvalue weighted by Crippen LogP contribution is -2.41. The first-order chi connectivity index (χ1) is 8.70. The summed E-state index contributed by atoms with van der Waals surface area (Å²) in [7, 11) is 0. The second-order valence-corrected chi connectivity index (χ2v) is 5.53. The summed E-state index contributed by atoms with van der Waals surface area (Å²) in [5.41, 5.74) is 2.37. The van der Waals surface area contributed by atoms with Gasteiger partial charge in [-0.15, -0.1) is 0 Å². The van der Waals surface area contributed by atoms with Crippen LogP contribution in [0.2, 0.25) is 0 Å². The van der Waals surface area contributed by atoms with Crippen molar-refractivity contribution in [1.29, 1.82) is 0 Å². The van der Waals surface area contributed by atoms with Crippen molar-refractivity contribution in [3.05, 3.63) is 35.1 Å². The Morgan fingerprint density at radius 1 is 1.39 bits per heavy atom. The molecule has 2 rings (SSSR count). The molecule has 1 nitrogen and oxygen atoms in total. The van der Waals surface area contributed by atoms with E-state index >= 15 is 0 Å². The molecule has 0 bridgehead atoms. The van der Waals surface area contributed by atoms with Gasteiger partial charge in [-0.3, -0.25) is 0 Å². The molecule has 0 aromatic heterocycles. The van der Waals surface area contributed by atoms with Gasteiger partial charge in [-0.05, 0) is 68.3 Å². The summed E-state index contributed by atoms with van der Waals surface area (Å²) in [6.07, 6.45) is 6.28. The monoisotopic (exact) mass is 249 g/mol. The van der Waals surface area contributed by atoms with Crippen LogP contribution in [-0.4, -0.2) is 12.6 Å². The van der Waals surface area contributed by atoms with E-state index in [0.29, 0.717) is 6.04 Å². The van der Waals surface area contributed by atoms with Gasteiger partial charge in [0.1, 0.15) is 5.82 Å². The lowest BCUT2D eigenvalue weighted by molar-refractivity contribution is 0.227. The Labute approximate surface area is 110 Å². The highest BCUT2D eigenvalue weighted by molar-refractivity contribution is 5.27. The quantitative estimate of drug-likeness (QED) is 0.807. The second-order valence-electron chi connectivity index (χ2n) is 5.53. The van der Waals surface area contributed by atoms with Crippen LogP contribution in [0.5, 0.6) is 0 Å². The third-order valence-electron chi connectivity index (χ3n) is 4.12. The van der Waals surface area contributed by atoms with Crippen molar-refractivity contribution in [3.8, 4) is 0 Å². The molecule has 0 radical (unpaired) electrons. The first-order valence-corrected chi connectivity index (χ1v) is 7.19. The van der Waals surface area contributed by atoms with Crippen LogP contribution in [0.3, 0.4) is 0 Å². The van der Waals surface area contributed by atoms with E-state index in [9.17, 15) is 4.39 Å². The molecular weight excluding hydrogens is 225 g/mol. The highest BCUT2D eigenvalue weighted by Crippen LogP contribution is 2.31. The molecule has 1 fully saturated rings. The van der Waals surface area contributed by atoms with Crippen LogP contribution in [-0.2, 0) is 6.42 Å². The Morgan fingerprint density at radius 2 is 2.17 bits per heavy atom. The van der Waals surface area contributed by atoms with Crippen molar-refractivity contribution in [2.45, 2.75) is 52.0 Å². The van der Waals surface area contributed by atoms with E-state index in [1.807, 2.05) is 13.0 Å². The van der Waals surface area contributed by atoms with Gasteiger partial charge in [0.2, 0.25) is 0 Å². The fourth-order valence-electron chi connectivity index (χ4n) is 2.70. The van der Waals surface area contributed by atoms with Crippen LogP contribution < -0.4 is 5.32 Å². The third kappa shape index (κ3) is 3.32. The summed E-state index contributed by atoms with van der Waals surface area (Å²) in [6, 6.07) is 5.75. The lowest BCUT2D eigenvalue weighted by Gasteiger charge is -2.35. The zero-order valence-corrected chi connectivity index (χ0v) is 11.5. The molecule has 1 N–H and O–H groups in total. The number of nitrogens with one attached hydrogen (secondary N) is 1. The minimum atomic E-state index is -0.127. The maximum absolute atomic E-state index is 13.1. The number of hydrogen-bond donors (Lipinski definition) is 1. The average Bonchev–Trinajstić information content (AvgIpc) is 2.27. The lowest BCUT2D eigenvalue weighted by atomic mass is 9.77. The second kappa shape index (κ2) is 6.33. The van der Waals surface area contributed by atoms with E-state index in [-0.39, 0.29) is 5.82 Å². The fraction of sp³-hybridized carbons (Fsp3) is 0.625. The average molecular weight is 249 g/mol. The van der Waals surface area contributed by atoms with Crippen molar-refractivity contribution in [2.24, 2.45) is 5.92 Å². The Hall–Kier alpha value is -0.890. The maximum Gasteiger partial charge on any atom is 0.123 e. The van der Waals surface area contributed by atoms with Crippen LogP contribution in [0.1, 0.15) is 43.7 Å². The van der Waals surface area contributed by atoms with E-state index < -0.39 is 0 Å². The van der Waals surface area contributed by atoms with Crippen LogP contribution in [0.15, 0.2) is 18.2 Å². The van der Waals surface area contributed by atoms with Gasteiger partial charge in [0, 0.05) is 6.04 Å². The minimum absolute atomic E-state index is 0.127. The van der Waals surface area contributed by atoms with Gasteiger partial charge in [0.15, 0.2) is 0 Å². The number of benzene rings is 1. The highest BCUT2D eigenvalue weighted by Gasteiger charge is 2.27. The van der Waals surface area contributed by atoms with Gasteiger partial charge in [-0.25, -0.2) is 4.39 Å². The van der Waals surface area contributed by atoms with Gasteiger partial charge >= 0.3 is 0 Å². The van der Waals surface area contributed by atoms with Gasteiger partial charge in [0.25, 0.3) is 0 Å². The predicted molar refractivity (Wildman–Crippen MR) is 74.3 cm³/mol. The van der Waals surface area contributed by atoms with Crippen LogP contribution in [0.25, 0.3) is 0 Å². The molecule has 0 heterocycles. The van der Waals surface area contributed by atoms with Crippen molar-refractivity contribution in [3.63, 3.8) is 0 Å². The van der Waals surface area contributed by atoms with Crippen molar-refractivity contribution in [1.82, 2.24) is 5.32 Å². The predicted octanol–water partition coefficient (Wildman–Crippen LogP) is 3.84. The van der Waals surface area contributed by atoms with E-state index in [4.69, 9.17) is 0 Å². The van der Waals surface area contributed by atoms with Crippen LogP contribution in [0, 0.1) is 18.7 Å². The summed E-state index contributed by atoms with van der Waals surface area (Å²) < 4.78 is 13.1. The summed E-state index contributed by atoms with van der Waals surface area (Å²) in [5, 5.41) is 3.67. The van der Waals surface area contributed by atoms with E-state index in [2.05, 4.69) is 12.2 Å². The molecule has 100 valence electrons. The number of halogens is 1. The molecule has 18 heavy (non-hydrogen) atoms. The Kier molecular flexibility index (Phi) is 4.76. The number of aryl methyl sites for hydroxylation is 1. The summed E-state index contributed by atoms with van der Waals surface area (Å²) in [5.74, 6) is 0.693. The van der Waals surface area contributed by atoms with E-state index in [1.165, 1.54) is 31.2 Å². The molecule has 1 aromatic carbocycles. The molecule has 2 heteroatoms. The van der Waals surface area contributed by atoms with Gasteiger partial charge in [0.05, 0.1) is 0 Å². The molecule has 1 aromatic rings. The molecule has 1 aliphatic rings. The topological polar surface area (TPSA) is 12.0 Å². The summed E-state index contributed by atoms with van der Waals surface area (Å²) in [4.78, 5) is 0. The molecular formula is C16H24FN. The first kappa shape index (κ1) is 13.5. The standard InChI is InChI=1S/C16H24FN/c1-3-9-18-16(13-5-4-6-13)11-14-7-8-15(17)10-12(14)2/h7-8,10,13,16,18H,3-6,9,11H2,1-2H3. The molecule has 0 saturated heterocycles. The van der Waals surface area contributed by atoms with Crippen LogP contribution in [0.4, 0.5) is 4.39 Å². The zero-order chi connectivity index (χ0) is 13.0. The molecule has 0 aliphatic heterocycles. The van der Waals surface area contributed by atoms with Crippen LogP contribution >= 0.6 is 0 Å². The van der Waals surface area contributed by atoms with Gasteiger partial charge < -0.3 is 5.32 Å². The third-order valence-corrected chi connectivity index (χ3v) is 4.12. The SMILES string of the molecule is CCCNC(Cc1ccc(F)cc1C)C1CCC1. The van der Waals surface area contributed by atoms with E-state index in [1.54, 1.807) is 12.1 Å². The van der Waals surface area contributed by atoms with Gasteiger partial charge in [-0.1, -0.05) is 19.4 Å². The van der Waals surface area contributed by atoms with E-state index in [0.717, 1.165) is 24.4 Å². The summed E-state index contributed by atoms with van der Waals surface area (Å²) in [6.45, 7) is 5.30. The Morgan fingerprint density at radius 3 is 2.72 bits per heavy atom. The zero-order valence-electron chi connectivity index (χ0n) is 11.5. The van der Waals surface area contributed by atoms with Crippen molar-refractivity contribution >= 4 is 0 Å². The highest BCUT2D eigenvalue weighted by atomic mass is 19.1. The van der Waals surface area contributed by atoms with Gasteiger partial charge in [-0.2, -0.15) is 0 Å². The molecule has 1 saturated carbocycles. The molecule has 0 amide bonds. The fourth-order valence-corrected chi connectivity index (χ4v) is 2.70. The number of rotatable bonds is 6. The molecule has 1 aliphatic carbocycles.